The minimum Gasteiger partial charge on any atom is -0.207 e. The summed E-state index contributed by atoms with van der Waals surface area (Å²) < 4.78 is 13.4. The molecular formula is C19H29F. The maximum atomic E-state index is 13.4. The van der Waals surface area contributed by atoms with Crippen molar-refractivity contribution in [3.63, 3.8) is 0 Å². The summed E-state index contributed by atoms with van der Waals surface area (Å²) in [5, 5.41) is 0. The van der Waals surface area contributed by atoms with E-state index >= 15 is 0 Å². The van der Waals surface area contributed by atoms with Crippen molar-refractivity contribution in [3.8, 4) is 0 Å². The van der Waals surface area contributed by atoms with Gasteiger partial charge in [0.25, 0.3) is 0 Å². The Labute approximate surface area is 124 Å². The van der Waals surface area contributed by atoms with Crippen LogP contribution in [0.1, 0.15) is 68.9 Å². The fraction of sp³-hybridized carbons (Fsp3) is 0.579. The molecule has 0 aliphatic heterocycles. The second-order valence-corrected chi connectivity index (χ2v) is 5.74. The van der Waals surface area contributed by atoms with Gasteiger partial charge in [0, 0.05) is 0 Å². The Morgan fingerprint density at radius 2 is 1.55 bits per heavy atom. The predicted octanol–water partition coefficient (Wildman–Crippen LogP) is 6.37. The van der Waals surface area contributed by atoms with Gasteiger partial charge >= 0.3 is 0 Å². The summed E-state index contributed by atoms with van der Waals surface area (Å²) in [6.07, 6.45) is 14.6. The Balaban J connectivity index is 1.96. The van der Waals surface area contributed by atoms with Crippen molar-refractivity contribution in [2.24, 2.45) is 0 Å². The molecule has 0 amide bonds. The molecule has 0 bridgehead atoms. The molecule has 0 aliphatic carbocycles. The second-order valence-electron chi connectivity index (χ2n) is 5.74. The van der Waals surface area contributed by atoms with Crippen molar-refractivity contribution in [1.29, 1.82) is 0 Å². The van der Waals surface area contributed by atoms with Crippen molar-refractivity contribution in [3.05, 3.63) is 47.8 Å². The van der Waals surface area contributed by atoms with Crippen LogP contribution in [0.25, 0.3) is 0 Å². The topological polar surface area (TPSA) is 0 Å². The molecule has 1 aromatic carbocycles. The highest BCUT2D eigenvalue weighted by molar-refractivity contribution is 5.23. The van der Waals surface area contributed by atoms with E-state index in [0.29, 0.717) is 0 Å². The maximum absolute atomic E-state index is 13.4. The van der Waals surface area contributed by atoms with Crippen molar-refractivity contribution in [2.75, 3.05) is 0 Å². The van der Waals surface area contributed by atoms with Crippen LogP contribution in [0.15, 0.2) is 30.9 Å². The second kappa shape index (κ2) is 10.7. The average Bonchev–Trinajstić information content (AvgIpc) is 2.45. The molecule has 0 heterocycles. The molecule has 0 N–H and O–H groups in total. The molecule has 1 rings (SSSR count). The highest BCUT2D eigenvalue weighted by Gasteiger charge is 1.99. The van der Waals surface area contributed by atoms with Gasteiger partial charge in [-0.25, -0.2) is 4.39 Å². The SMILES string of the molecule is C=CCCCCCCCCCCc1ccc(C)c(F)c1. The predicted molar refractivity (Wildman–Crippen MR) is 86.6 cm³/mol. The summed E-state index contributed by atoms with van der Waals surface area (Å²) in [5.74, 6) is -0.0676. The van der Waals surface area contributed by atoms with Gasteiger partial charge in [0.15, 0.2) is 0 Å². The third-order valence-corrected chi connectivity index (χ3v) is 3.86. The molecule has 0 nitrogen and oxygen atoms in total. The highest BCUT2D eigenvalue weighted by Crippen LogP contribution is 2.14. The first-order chi connectivity index (χ1) is 9.74. The molecular weight excluding hydrogens is 247 g/mol. The molecule has 0 unspecified atom stereocenters. The van der Waals surface area contributed by atoms with E-state index in [1.165, 1.54) is 51.4 Å². The molecule has 0 spiro atoms. The van der Waals surface area contributed by atoms with Gasteiger partial charge in [0.05, 0.1) is 0 Å². The van der Waals surface area contributed by atoms with Crippen molar-refractivity contribution in [2.45, 2.75) is 71.1 Å². The van der Waals surface area contributed by atoms with E-state index < -0.39 is 0 Å². The molecule has 20 heavy (non-hydrogen) atoms. The van der Waals surface area contributed by atoms with E-state index in [2.05, 4.69) is 12.6 Å². The number of rotatable bonds is 11. The van der Waals surface area contributed by atoms with Crippen LogP contribution in [0.4, 0.5) is 4.39 Å². The van der Waals surface area contributed by atoms with Gasteiger partial charge in [-0.3, -0.25) is 0 Å². The molecule has 0 atom stereocenters. The lowest BCUT2D eigenvalue weighted by Gasteiger charge is -2.04. The summed E-state index contributed by atoms with van der Waals surface area (Å²) >= 11 is 0. The summed E-state index contributed by atoms with van der Waals surface area (Å²) in [5.41, 5.74) is 1.88. The third-order valence-electron chi connectivity index (χ3n) is 3.86. The molecule has 1 aromatic rings. The normalized spacial score (nSPS) is 10.7. The Hall–Kier alpha value is -1.11. The van der Waals surface area contributed by atoms with E-state index in [0.717, 1.165) is 24.0 Å². The van der Waals surface area contributed by atoms with Crippen molar-refractivity contribution >= 4 is 0 Å². The minimum atomic E-state index is -0.0676. The largest absolute Gasteiger partial charge is 0.207 e. The summed E-state index contributed by atoms with van der Waals surface area (Å²) in [6.45, 7) is 5.55. The van der Waals surface area contributed by atoms with Crippen LogP contribution < -0.4 is 0 Å². The summed E-state index contributed by atoms with van der Waals surface area (Å²) in [4.78, 5) is 0. The number of allylic oxidation sites excluding steroid dienone is 1. The number of aryl methyl sites for hydroxylation is 2. The van der Waals surface area contributed by atoms with Crippen LogP contribution in [-0.4, -0.2) is 0 Å². The molecule has 0 fully saturated rings. The fourth-order valence-electron chi connectivity index (χ4n) is 2.47. The first kappa shape index (κ1) is 16.9. The van der Waals surface area contributed by atoms with Crippen LogP contribution >= 0.6 is 0 Å². The van der Waals surface area contributed by atoms with Crippen molar-refractivity contribution in [1.82, 2.24) is 0 Å². The van der Waals surface area contributed by atoms with E-state index in [1.54, 1.807) is 6.07 Å². The zero-order valence-corrected chi connectivity index (χ0v) is 13.0. The monoisotopic (exact) mass is 276 g/mol. The van der Waals surface area contributed by atoms with Crippen LogP contribution in [0, 0.1) is 12.7 Å². The summed E-state index contributed by atoms with van der Waals surface area (Å²) in [6, 6.07) is 5.63. The lowest BCUT2D eigenvalue weighted by Crippen LogP contribution is -1.90. The van der Waals surface area contributed by atoms with Crippen LogP contribution in [0.5, 0.6) is 0 Å². The van der Waals surface area contributed by atoms with Gasteiger partial charge < -0.3 is 0 Å². The molecule has 0 radical (unpaired) electrons. The number of hydrogen-bond acceptors (Lipinski definition) is 0. The van der Waals surface area contributed by atoms with Gasteiger partial charge in [-0.05, 0) is 49.8 Å². The number of benzene rings is 1. The molecule has 0 aromatic heterocycles. The Morgan fingerprint density at radius 1 is 0.950 bits per heavy atom. The van der Waals surface area contributed by atoms with Crippen molar-refractivity contribution < 1.29 is 4.39 Å². The smallest absolute Gasteiger partial charge is 0.126 e. The zero-order valence-electron chi connectivity index (χ0n) is 13.0. The van der Waals surface area contributed by atoms with Crippen LogP contribution in [-0.2, 0) is 6.42 Å². The lowest BCUT2D eigenvalue weighted by molar-refractivity contribution is 0.568. The molecule has 0 saturated carbocycles. The fourth-order valence-corrected chi connectivity index (χ4v) is 2.47. The molecule has 0 saturated heterocycles. The Bertz CT molecular complexity index is 381. The van der Waals surface area contributed by atoms with E-state index in [4.69, 9.17) is 0 Å². The molecule has 0 aliphatic rings. The highest BCUT2D eigenvalue weighted by atomic mass is 19.1. The third kappa shape index (κ3) is 7.47. The van der Waals surface area contributed by atoms with Gasteiger partial charge in [-0.1, -0.05) is 56.7 Å². The Kier molecular flexibility index (Phi) is 9.02. The number of hydrogen-bond donors (Lipinski definition) is 0. The van der Waals surface area contributed by atoms with E-state index in [-0.39, 0.29) is 5.82 Å². The number of unbranched alkanes of at least 4 members (excludes halogenated alkanes) is 8. The molecule has 1 heteroatoms. The molecule has 112 valence electrons. The van der Waals surface area contributed by atoms with Gasteiger partial charge in [-0.2, -0.15) is 0 Å². The minimum absolute atomic E-state index is 0.0676. The van der Waals surface area contributed by atoms with Crippen LogP contribution in [0.2, 0.25) is 0 Å². The zero-order chi connectivity index (χ0) is 14.6. The Morgan fingerprint density at radius 3 is 2.15 bits per heavy atom. The van der Waals surface area contributed by atoms with Gasteiger partial charge in [-0.15, -0.1) is 6.58 Å². The summed E-state index contributed by atoms with van der Waals surface area (Å²) in [7, 11) is 0. The standard InChI is InChI=1S/C19H29F/c1-3-4-5-6-7-8-9-10-11-12-13-18-15-14-17(2)19(20)16-18/h3,14-16H,1,4-13H2,2H3. The lowest BCUT2D eigenvalue weighted by atomic mass is 10.0. The first-order valence-electron chi connectivity index (χ1n) is 8.10. The van der Waals surface area contributed by atoms with E-state index in [1.807, 2.05) is 19.1 Å². The number of halogens is 1. The van der Waals surface area contributed by atoms with Gasteiger partial charge in [0.2, 0.25) is 0 Å². The average molecular weight is 276 g/mol. The van der Waals surface area contributed by atoms with Gasteiger partial charge in [0.1, 0.15) is 5.82 Å². The first-order valence-corrected chi connectivity index (χ1v) is 8.10. The quantitative estimate of drug-likeness (QED) is 0.325. The van der Waals surface area contributed by atoms with Crippen LogP contribution in [0.3, 0.4) is 0 Å². The maximum Gasteiger partial charge on any atom is 0.126 e. The van der Waals surface area contributed by atoms with E-state index in [9.17, 15) is 4.39 Å².